The van der Waals surface area contributed by atoms with Crippen molar-refractivity contribution in [3.63, 3.8) is 0 Å². The summed E-state index contributed by atoms with van der Waals surface area (Å²) >= 11 is 1.47. The van der Waals surface area contributed by atoms with Gasteiger partial charge in [0.2, 0.25) is 5.91 Å². The SMILES string of the molecule is Cc1nc(/C=C/C(=O)N2CC(O)CC2C(=O)O)cs1. The van der Waals surface area contributed by atoms with Gasteiger partial charge in [0.25, 0.3) is 0 Å². The molecule has 0 aromatic carbocycles. The fraction of sp³-hybridized carbons (Fsp3) is 0.417. The number of aliphatic hydroxyl groups is 1. The van der Waals surface area contributed by atoms with Gasteiger partial charge in [0, 0.05) is 24.4 Å². The van der Waals surface area contributed by atoms with E-state index in [0.717, 1.165) is 5.01 Å². The zero-order valence-corrected chi connectivity index (χ0v) is 11.1. The van der Waals surface area contributed by atoms with Crippen LogP contribution in [0, 0.1) is 6.92 Å². The molecule has 1 aromatic rings. The van der Waals surface area contributed by atoms with Crippen molar-refractivity contribution in [1.82, 2.24) is 9.88 Å². The van der Waals surface area contributed by atoms with Crippen LogP contribution in [-0.4, -0.2) is 50.7 Å². The van der Waals surface area contributed by atoms with Crippen molar-refractivity contribution in [2.45, 2.75) is 25.5 Å². The second kappa shape index (κ2) is 5.50. The molecular weight excluding hydrogens is 268 g/mol. The molecule has 0 saturated carbocycles. The molecule has 1 aromatic heterocycles. The molecule has 0 bridgehead atoms. The van der Waals surface area contributed by atoms with Crippen LogP contribution in [0.15, 0.2) is 11.5 Å². The number of rotatable bonds is 3. The summed E-state index contributed by atoms with van der Waals surface area (Å²) in [6, 6.07) is -0.954. The molecule has 1 saturated heterocycles. The number of thiazole rings is 1. The number of carboxylic acids is 1. The number of carbonyl (C=O) groups excluding carboxylic acids is 1. The lowest BCUT2D eigenvalue weighted by Gasteiger charge is -2.18. The Kier molecular flexibility index (Phi) is 3.96. The third kappa shape index (κ3) is 3.18. The summed E-state index contributed by atoms with van der Waals surface area (Å²) in [4.78, 5) is 28.3. The van der Waals surface area contributed by atoms with E-state index >= 15 is 0 Å². The van der Waals surface area contributed by atoms with Crippen LogP contribution < -0.4 is 0 Å². The molecule has 1 aliphatic heterocycles. The Hall–Kier alpha value is -1.73. The summed E-state index contributed by atoms with van der Waals surface area (Å²) in [5, 5.41) is 21.2. The minimum atomic E-state index is -1.09. The Morgan fingerprint density at radius 1 is 1.58 bits per heavy atom. The highest BCUT2D eigenvalue weighted by atomic mass is 32.1. The average molecular weight is 282 g/mol. The first kappa shape index (κ1) is 13.7. The van der Waals surface area contributed by atoms with Gasteiger partial charge in [-0.05, 0) is 13.0 Å². The number of likely N-dealkylation sites (tertiary alicyclic amines) is 1. The van der Waals surface area contributed by atoms with Gasteiger partial charge in [-0.1, -0.05) is 0 Å². The number of hydrogen-bond donors (Lipinski definition) is 2. The number of aliphatic carboxylic acids is 1. The minimum Gasteiger partial charge on any atom is -0.480 e. The number of nitrogens with zero attached hydrogens (tertiary/aromatic N) is 2. The maximum Gasteiger partial charge on any atom is 0.326 e. The predicted molar refractivity (Wildman–Crippen MR) is 69.6 cm³/mol. The smallest absolute Gasteiger partial charge is 0.326 e. The zero-order valence-electron chi connectivity index (χ0n) is 10.3. The van der Waals surface area contributed by atoms with E-state index in [9.17, 15) is 14.7 Å². The molecule has 0 radical (unpaired) electrons. The number of carboxylic acid groups (broad SMARTS) is 1. The summed E-state index contributed by atoms with van der Waals surface area (Å²) in [6.07, 6.45) is 2.14. The van der Waals surface area contributed by atoms with Gasteiger partial charge < -0.3 is 15.1 Å². The molecule has 6 nitrogen and oxygen atoms in total. The fourth-order valence-electron chi connectivity index (χ4n) is 2.00. The predicted octanol–water partition coefficient (Wildman–Crippen LogP) is 0.511. The molecule has 1 fully saturated rings. The molecule has 2 unspecified atom stereocenters. The standard InChI is InChI=1S/C12H14N2O4S/c1-7-13-8(6-19-7)2-3-11(16)14-5-9(15)4-10(14)12(17)18/h2-3,6,9-10,15H,4-5H2,1H3,(H,17,18)/b3-2+. The van der Waals surface area contributed by atoms with Gasteiger partial charge in [0.15, 0.2) is 0 Å². The molecule has 2 rings (SSSR count). The van der Waals surface area contributed by atoms with Crippen LogP contribution in [0.25, 0.3) is 6.08 Å². The first-order valence-corrected chi connectivity index (χ1v) is 6.67. The Bertz CT molecular complexity index is 526. The van der Waals surface area contributed by atoms with E-state index < -0.39 is 24.0 Å². The Labute approximate surface area is 114 Å². The quantitative estimate of drug-likeness (QED) is 0.788. The van der Waals surface area contributed by atoms with E-state index in [0.29, 0.717) is 5.69 Å². The van der Waals surface area contributed by atoms with Crippen LogP contribution in [-0.2, 0) is 9.59 Å². The number of aliphatic hydroxyl groups excluding tert-OH is 1. The molecule has 0 aliphatic carbocycles. The second-order valence-corrected chi connectivity index (χ2v) is 5.42. The van der Waals surface area contributed by atoms with Gasteiger partial charge in [0.05, 0.1) is 16.8 Å². The highest BCUT2D eigenvalue weighted by Crippen LogP contribution is 2.19. The Morgan fingerprint density at radius 3 is 2.89 bits per heavy atom. The summed E-state index contributed by atoms with van der Waals surface area (Å²) < 4.78 is 0. The number of aromatic nitrogens is 1. The summed E-state index contributed by atoms with van der Waals surface area (Å²) in [5.74, 6) is -1.52. The lowest BCUT2D eigenvalue weighted by molar-refractivity contribution is -0.146. The number of hydrogen-bond acceptors (Lipinski definition) is 5. The molecular formula is C12H14N2O4S. The maximum absolute atomic E-state index is 11.9. The highest BCUT2D eigenvalue weighted by Gasteiger charge is 2.37. The first-order valence-electron chi connectivity index (χ1n) is 5.79. The first-order chi connectivity index (χ1) is 8.97. The molecule has 0 spiro atoms. The zero-order chi connectivity index (χ0) is 14.0. The molecule has 102 valence electrons. The largest absolute Gasteiger partial charge is 0.480 e. The number of aryl methyl sites for hydroxylation is 1. The fourth-order valence-corrected chi connectivity index (χ4v) is 2.58. The Balaban J connectivity index is 2.06. The van der Waals surface area contributed by atoms with Gasteiger partial charge in [-0.2, -0.15) is 0 Å². The third-order valence-electron chi connectivity index (χ3n) is 2.88. The molecule has 19 heavy (non-hydrogen) atoms. The van der Waals surface area contributed by atoms with Crippen LogP contribution in [0.3, 0.4) is 0 Å². The van der Waals surface area contributed by atoms with Crippen LogP contribution in [0.4, 0.5) is 0 Å². The Morgan fingerprint density at radius 2 is 2.32 bits per heavy atom. The van der Waals surface area contributed by atoms with Gasteiger partial charge in [-0.25, -0.2) is 9.78 Å². The van der Waals surface area contributed by atoms with Crippen molar-refractivity contribution in [3.05, 3.63) is 22.2 Å². The van der Waals surface area contributed by atoms with E-state index in [4.69, 9.17) is 5.11 Å². The lowest BCUT2D eigenvalue weighted by Crippen LogP contribution is -2.39. The number of β-amino-alcohol motifs (C(OH)–C–C–N with tert-alkyl or cyclic N) is 1. The second-order valence-electron chi connectivity index (χ2n) is 4.36. The van der Waals surface area contributed by atoms with Gasteiger partial charge in [0.1, 0.15) is 6.04 Å². The normalized spacial score (nSPS) is 23.2. The van der Waals surface area contributed by atoms with Crippen molar-refractivity contribution >= 4 is 29.3 Å². The van der Waals surface area contributed by atoms with Gasteiger partial charge >= 0.3 is 5.97 Å². The van der Waals surface area contributed by atoms with Crippen molar-refractivity contribution in [2.75, 3.05) is 6.54 Å². The third-order valence-corrected chi connectivity index (χ3v) is 3.67. The van der Waals surface area contributed by atoms with Crippen LogP contribution >= 0.6 is 11.3 Å². The number of carbonyl (C=O) groups is 2. The van der Waals surface area contributed by atoms with Gasteiger partial charge in [-0.3, -0.25) is 4.79 Å². The maximum atomic E-state index is 11.9. The van der Waals surface area contributed by atoms with Crippen LogP contribution in [0.2, 0.25) is 0 Å². The monoisotopic (exact) mass is 282 g/mol. The summed E-state index contributed by atoms with van der Waals surface area (Å²) in [6.45, 7) is 1.91. The van der Waals surface area contributed by atoms with Crippen LogP contribution in [0.1, 0.15) is 17.1 Å². The molecule has 2 heterocycles. The van der Waals surface area contributed by atoms with Gasteiger partial charge in [-0.15, -0.1) is 11.3 Å². The van der Waals surface area contributed by atoms with Crippen molar-refractivity contribution in [1.29, 1.82) is 0 Å². The topological polar surface area (TPSA) is 90.7 Å². The van der Waals surface area contributed by atoms with E-state index in [1.807, 2.05) is 12.3 Å². The van der Waals surface area contributed by atoms with E-state index in [1.54, 1.807) is 6.08 Å². The lowest BCUT2D eigenvalue weighted by atomic mass is 10.2. The molecule has 1 aliphatic rings. The minimum absolute atomic E-state index is 0.0518. The molecule has 2 atom stereocenters. The summed E-state index contributed by atoms with van der Waals surface area (Å²) in [7, 11) is 0. The van der Waals surface area contributed by atoms with Crippen molar-refractivity contribution < 1.29 is 19.8 Å². The molecule has 2 N–H and O–H groups in total. The van der Waals surface area contributed by atoms with Crippen LogP contribution in [0.5, 0.6) is 0 Å². The van der Waals surface area contributed by atoms with E-state index in [1.165, 1.54) is 22.3 Å². The molecule has 7 heteroatoms. The molecule has 1 amide bonds. The van der Waals surface area contributed by atoms with Crippen molar-refractivity contribution in [3.8, 4) is 0 Å². The summed E-state index contributed by atoms with van der Waals surface area (Å²) in [5.41, 5.74) is 0.669. The number of amides is 1. The van der Waals surface area contributed by atoms with E-state index in [-0.39, 0.29) is 13.0 Å². The highest BCUT2D eigenvalue weighted by molar-refractivity contribution is 7.09. The van der Waals surface area contributed by atoms with Crippen molar-refractivity contribution in [2.24, 2.45) is 0 Å². The van der Waals surface area contributed by atoms with E-state index in [2.05, 4.69) is 4.98 Å². The average Bonchev–Trinajstić information content (AvgIpc) is 2.92.